The maximum Gasteiger partial charge on any atom is 0.309 e. The Bertz CT molecular complexity index is 357. The van der Waals surface area contributed by atoms with Crippen molar-refractivity contribution in [3.63, 3.8) is 0 Å². The molecular formula is C20H36O2. The van der Waals surface area contributed by atoms with Gasteiger partial charge in [0.25, 0.3) is 0 Å². The number of ether oxygens (including phenoxy) is 1. The molecule has 2 heteroatoms. The summed E-state index contributed by atoms with van der Waals surface area (Å²) in [6.45, 7) is 8.87. The Morgan fingerprint density at radius 2 is 1.77 bits per heavy atom. The smallest absolute Gasteiger partial charge is 0.309 e. The first-order valence-corrected chi connectivity index (χ1v) is 9.78. The molecule has 0 aliphatic heterocycles. The number of rotatable bonds is 6. The molecule has 0 radical (unpaired) electrons. The lowest BCUT2D eigenvalue weighted by atomic mass is 9.81. The highest BCUT2D eigenvalue weighted by atomic mass is 16.6. The van der Waals surface area contributed by atoms with E-state index in [1.54, 1.807) is 0 Å². The molecule has 0 aromatic carbocycles. The average Bonchev–Trinajstić information content (AvgIpc) is 2.98. The maximum atomic E-state index is 12.8. The normalized spacial score (nSPS) is 32.6. The van der Waals surface area contributed by atoms with E-state index in [0.717, 1.165) is 31.1 Å². The van der Waals surface area contributed by atoms with E-state index in [0.29, 0.717) is 5.92 Å². The summed E-state index contributed by atoms with van der Waals surface area (Å²) in [6, 6.07) is 0. The molecule has 0 amide bonds. The van der Waals surface area contributed by atoms with Gasteiger partial charge in [0.2, 0.25) is 0 Å². The van der Waals surface area contributed by atoms with E-state index in [2.05, 4.69) is 27.7 Å². The van der Waals surface area contributed by atoms with Crippen molar-refractivity contribution in [3.05, 3.63) is 0 Å². The summed E-state index contributed by atoms with van der Waals surface area (Å²) in [4.78, 5) is 12.8. The molecular weight excluding hydrogens is 272 g/mol. The fourth-order valence-corrected chi connectivity index (χ4v) is 4.90. The van der Waals surface area contributed by atoms with Crippen molar-refractivity contribution in [2.24, 2.45) is 23.7 Å². The van der Waals surface area contributed by atoms with E-state index < -0.39 is 0 Å². The van der Waals surface area contributed by atoms with E-state index in [-0.39, 0.29) is 17.5 Å². The van der Waals surface area contributed by atoms with Crippen LogP contribution in [0, 0.1) is 23.7 Å². The van der Waals surface area contributed by atoms with Gasteiger partial charge in [-0.3, -0.25) is 4.79 Å². The summed E-state index contributed by atoms with van der Waals surface area (Å²) in [5, 5.41) is 0. The van der Waals surface area contributed by atoms with E-state index in [9.17, 15) is 4.79 Å². The summed E-state index contributed by atoms with van der Waals surface area (Å²) < 4.78 is 6.13. The van der Waals surface area contributed by atoms with Crippen LogP contribution in [0.2, 0.25) is 0 Å². The van der Waals surface area contributed by atoms with Crippen molar-refractivity contribution in [3.8, 4) is 0 Å². The van der Waals surface area contributed by atoms with Crippen LogP contribution in [0.3, 0.4) is 0 Å². The van der Waals surface area contributed by atoms with Crippen LogP contribution in [0.25, 0.3) is 0 Å². The Labute approximate surface area is 137 Å². The number of carbonyl (C=O) groups excluding carboxylic acids is 1. The summed E-state index contributed by atoms with van der Waals surface area (Å²) in [5.74, 6) is 2.24. The van der Waals surface area contributed by atoms with Crippen LogP contribution < -0.4 is 0 Å². The number of hydrogen-bond donors (Lipinski definition) is 0. The molecule has 4 atom stereocenters. The molecule has 2 fully saturated rings. The molecule has 4 unspecified atom stereocenters. The monoisotopic (exact) mass is 308 g/mol. The van der Waals surface area contributed by atoms with Crippen LogP contribution in [0.15, 0.2) is 0 Å². The predicted octanol–water partition coefficient (Wildman–Crippen LogP) is 5.74. The largest absolute Gasteiger partial charge is 0.459 e. The van der Waals surface area contributed by atoms with Gasteiger partial charge in [-0.05, 0) is 62.7 Å². The Hall–Kier alpha value is -0.530. The molecule has 2 nitrogen and oxygen atoms in total. The molecule has 0 N–H and O–H groups in total. The molecule has 0 saturated heterocycles. The minimum Gasteiger partial charge on any atom is -0.459 e. The van der Waals surface area contributed by atoms with Crippen LogP contribution >= 0.6 is 0 Å². The number of carbonyl (C=O) groups is 1. The third-order valence-corrected chi connectivity index (χ3v) is 6.69. The Balaban J connectivity index is 1.98. The van der Waals surface area contributed by atoms with Crippen molar-refractivity contribution in [2.75, 3.05) is 0 Å². The summed E-state index contributed by atoms with van der Waals surface area (Å²) in [5.41, 5.74) is -0.145. The SMILES string of the molecule is CCC1CC(CC)C(C(C)C(=O)OC2(CC)CCCCC2)C1. The van der Waals surface area contributed by atoms with Crippen LogP contribution in [-0.2, 0) is 9.53 Å². The van der Waals surface area contributed by atoms with E-state index in [1.165, 1.54) is 44.9 Å². The highest BCUT2D eigenvalue weighted by molar-refractivity contribution is 5.73. The molecule has 0 spiro atoms. The van der Waals surface area contributed by atoms with Gasteiger partial charge in [-0.2, -0.15) is 0 Å². The predicted molar refractivity (Wildman–Crippen MR) is 91.6 cm³/mol. The van der Waals surface area contributed by atoms with Gasteiger partial charge in [-0.1, -0.05) is 47.0 Å². The molecule has 2 aliphatic carbocycles. The second-order valence-corrected chi connectivity index (χ2v) is 7.88. The third kappa shape index (κ3) is 3.86. The fourth-order valence-electron chi connectivity index (χ4n) is 4.90. The fraction of sp³-hybridized carbons (Fsp3) is 0.950. The lowest BCUT2D eigenvalue weighted by Gasteiger charge is -2.37. The Morgan fingerprint density at radius 3 is 2.32 bits per heavy atom. The van der Waals surface area contributed by atoms with E-state index in [4.69, 9.17) is 4.74 Å². The van der Waals surface area contributed by atoms with Gasteiger partial charge in [0, 0.05) is 0 Å². The second-order valence-electron chi connectivity index (χ2n) is 7.88. The zero-order valence-corrected chi connectivity index (χ0v) is 15.2. The molecule has 0 bridgehead atoms. The van der Waals surface area contributed by atoms with E-state index in [1.807, 2.05) is 0 Å². The summed E-state index contributed by atoms with van der Waals surface area (Å²) >= 11 is 0. The standard InChI is InChI=1S/C20H36O2/c1-5-16-13-17(6-2)18(14-16)15(4)19(21)22-20(7-3)11-9-8-10-12-20/h15-18H,5-14H2,1-4H3. The van der Waals surface area contributed by atoms with E-state index >= 15 is 0 Å². The molecule has 0 aromatic heterocycles. The summed E-state index contributed by atoms with van der Waals surface area (Å²) in [7, 11) is 0. The first-order chi connectivity index (χ1) is 10.5. The zero-order chi connectivity index (χ0) is 16.2. The molecule has 22 heavy (non-hydrogen) atoms. The Kier molecular flexibility index (Phi) is 6.35. The average molecular weight is 309 g/mol. The number of hydrogen-bond acceptors (Lipinski definition) is 2. The highest BCUT2D eigenvalue weighted by Gasteiger charge is 2.41. The van der Waals surface area contributed by atoms with Gasteiger partial charge >= 0.3 is 5.97 Å². The Morgan fingerprint density at radius 1 is 1.09 bits per heavy atom. The topological polar surface area (TPSA) is 26.3 Å². The molecule has 2 saturated carbocycles. The third-order valence-electron chi connectivity index (χ3n) is 6.69. The molecule has 2 rings (SSSR count). The lowest BCUT2D eigenvalue weighted by molar-refractivity contribution is -0.171. The van der Waals surface area contributed by atoms with Gasteiger partial charge in [-0.25, -0.2) is 0 Å². The highest BCUT2D eigenvalue weighted by Crippen LogP contribution is 2.45. The van der Waals surface area contributed by atoms with Gasteiger partial charge in [0.05, 0.1) is 5.92 Å². The van der Waals surface area contributed by atoms with Crippen LogP contribution in [0.1, 0.15) is 91.9 Å². The number of esters is 1. The lowest BCUT2D eigenvalue weighted by Crippen LogP contribution is -2.39. The zero-order valence-electron chi connectivity index (χ0n) is 15.2. The molecule has 0 aromatic rings. The second kappa shape index (κ2) is 7.84. The van der Waals surface area contributed by atoms with Gasteiger partial charge < -0.3 is 4.74 Å². The molecule has 0 heterocycles. The molecule has 2 aliphatic rings. The van der Waals surface area contributed by atoms with Crippen molar-refractivity contribution in [1.29, 1.82) is 0 Å². The van der Waals surface area contributed by atoms with Gasteiger partial charge in [-0.15, -0.1) is 0 Å². The van der Waals surface area contributed by atoms with Crippen molar-refractivity contribution in [2.45, 2.75) is 97.5 Å². The minimum atomic E-state index is -0.145. The first kappa shape index (κ1) is 17.8. The maximum absolute atomic E-state index is 12.8. The van der Waals surface area contributed by atoms with Crippen LogP contribution in [0.4, 0.5) is 0 Å². The van der Waals surface area contributed by atoms with Crippen LogP contribution in [-0.4, -0.2) is 11.6 Å². The van der Waals surface area contributed by atoms with Gasteiger partial charge in [0.1, 0.15) is 5.60 Å². The van der Waals surface area contributed by atoms with Crippen molar-refractivity contribution in [1.82, 2.24) is 0 Å². The van der Waals surface area contributed by atoms with Crippen molar-refractivity contribution >= 4 is 5.97 Å². The summed E-state index contributed by atoms with van der Waals surface area (Å²) in [6.07, 6.45) is 11.9. The molecule has 128 valence electrons. The van der Waals surface area contributed by atoms with Crippen molar-refractivity contribution < 1.29 is 9.53 Å². The quantitative estimate of drug-likeness (QED) is 0.585. The minimum absolute atomic E-state index is 0.0758. The van der Waals surface area contributed by atoms with Gasteiger partial charge in [0.15, 0.2) is 0 Å². The van der Waals surface area contributed by atoms with Crippen LogP contribution in [0.5, 0.6) is 0 Å². The first-order valence-electron chi connectivity index (χ1n) is 9.78.